The van der Waals surface area contributed by atoms with Crippen LogP contribution in [-0.4, -0.2) is 30.5 Å². The molecule has 0 unspecified atom stereocenters. The number of nitrogens with zero attached hydrogens (tertiary/aromatic N) is 2. The van der Waals surface area contributed by atoms with Crippen molar-refractivity contribution < 1.29 is 0 Å². The first-order valence-corrected chi connectivity index (χ1v) is 6.88. The molecule has 3 nitrogen and oxygen atoms in total. The number of hydrogen-bond acceptors (Lipinski definition) is 1. The van der Waals surface area contributed by atoms with Crippen LogP contribution in [0.5, 0.6) is 0 Å². The van der Waals surface area contributed by atoms with E-state index in [0.29, 0.717) is 0 Å². The molecule has 1 fully saturated rings. The molecule has 1 N–H and O–H groups in total. The number of aryl methyl sites for hydroxylation is 1. The number of hydrogen-bond donors (Lipinski definition) is 1. The first-order chi connectivity index (χ1) is 8.79. The van der Waals surface area contributed by atoms with Crippen molar-refractivity contribution in [1.29, 1.82) is 0 Å². The van der Waals surface area contributed by atoms with Gasteiger partial charge in [-0.3, -0.25) is 0 Å². The maximum absolute atomic E-state index is 4.73. The Morgan fingerprint density at radius 1 is 1.21 bits per heavy atom. The van der Waals surface area contributed by atoms with Gasteiger partial charge in [-0.15, -0.1) is 24.0 Å². The molecule has 1 aliphatic heterocycles. The SMILES string of the molecule is CCNC(=NCc1ccc(C)cc1)N1CCCC1.I. The monoisotopic (exact) mass is 373 g/mol. The number of benzene rings is 1. The van der Waals surface area contributed by atoms with Crippen molar-refractivity contribution in [3.8, 4) is 0 Å². The highest BCUT2D eigenvalue weighted by molar-refractivity contribution is 14.0. The van der Waals surface area contributed by atoms with Crippen molar-refractivity contribution in [3.05, 3.63) is 35.4 Å². The van der Waals surface area contributed by atoms with Gasteiger partial charge in [0.05, 0.1) is 6.54 Å². The topological polar surface area (TPSA) is 27.6 Å². The summed E-state index contributed by atoms with van der Waals surface area (Å²) in [6.07, 6.45) is 2.57. The van der Waals surface area contributed by atoms with E-state index in [-0.39, 0.29) is 24.0 Å². The van der Waals surface area contributed by atoms with Crippen LogP contribution >= 0.6 is 24.0 Å². The zero-order valence-corrected chi connectivity index (χ0v) is 14.2. The average Bonchev–Trinajstić information content (AvgIpc) is 2.90. The summed E-state index contributed by atoms with van der Waals surface area (Å²) in [4.78, 5) is 7.09. The molecule has 2 rings (SSSR count). The van der Waals surface area contributed by atoms with Gasteiger partial charge in [0, 0.05) is 19.6 Å². The first kappa shape index (κ1) is 16.3. The fourth-order valence-corrected chi connectivity index (χ4v) is 2.21. The average molecular weight is 373 g/mol. The smallest absolute Gasteiger partial charge is 0.194 e. The lowest BCUT2D eigenvalue weighted by Crippen LogP contribution is -2.39. The third-order valence-electron chi connectivity index (χ3n) is 3.27. The largest absolute Gasteiger partial charge is 0.357 e. The third kappa shape index (κ3) is 5.01. The minimum Gasteiger partial charge on any atom is -0.357 e. The van der Waals surface area contributed by atoms with Crippen molar-refractivity contribution in [2.45, 2.75) is 33.2 Å². The van der Waals surface area contributed by atoms with Crippen LogP contribution in [-0.2, 0) is 6.54 Å². The Kier molecular flexibility index (Phi) is 7.20. The van der Waals surface area contributed by atoms with Crippen molar-refractivity contribution in [2.75, 3.05) is 19.6 Å². The van der Waals surface area contributed by atoms with Gasteiger partial charge >= 0.3 is 0 Å². The number of aliphatic imine (C=N–C) groups is 1. The van der Waals surface area contributed by atoms with Gasteiger partial charge < -0.3 is 10.2 Å². The molecule has 0 saturated carbocycles. The second-order valence-corrected chi connectivity index (χ2v) is 4.85. The van der Waals surface area contributed by atoms with Gasteiger partial charge in [0.2, 0.25) is 0 Å². The summed E-state index contributed by atoms with van der Waals surface area (Å²) in [6.45, 7) is 8.21. The van der Waals surface area contributed by atoms with Crippen molar-refractivity contribution in [2.24, 2.45) is 4.99 Å². The fraction of sp³-hybridized carbons (Fsp3) is 0.533. The highest BCUT2D eigenvalue weighted by Gasteiger charge is 2.15. The third-order valence-corrected chi connectivity index (χ3v) is 3.27. The Balaban J connectivity index is 0.00000180. The van der Waals surface area contributed by atoms with E-state index in [2.05, 4.69) is 48.3 Å². The molecule has 1 saturated heterocycles. The van der Waals surface area contributed by atoms with Gasteiger partial charge in [-0.1, -0.05) is 29.8 Å². The van der Waals surface area contributed by atoms with E-state index in [0.717, 1.165) is 32.1 Å². The van der Waals surface area contributed by atoms with E-state index in [1.807, 2.05) is 0 Å². The van der Waals surface area contributed by atoms with Crippen LogP contribution in [0.4, 0.5) is 0 Å². The van der Waals surface area contributed by atoms with Gasteiger partial charge in [-0.25, -0.2) is 4.99 Å². The van der Waals surface area contributed by atoms with Crippen molar-refractivity contribution >= 4 is 29.9 Å². The molecule has 0 aliphatic carbocycles. The summed E-state index contributed by atoms with van der Waals surface area (Å²) in [5, 5.41) is 3.38. The van der Waals surface area contributed by atoms with Crippen LogP contribution < -0.4 is 5.32 Å². The van der Waals surface area contributed by atoms with Gasteiger partial charge in [-0.05, 0) is 32.3 Å². The second-order valence-electron chi connectivity index (χ2n) is 4.85. The molecular weight excluding hydrogens is 349 g/mol. The number of likely N-dealkylation sites (tertiary alicyclic amines) is 1. The van der Waals surface area contributed by atoms with Crippen molar-refractivity contribution in [3.63, 3.8) is 0 Å². The Labute approximate surface area is 133 Å². The second kappa shape index (κ2) is 8.40. The number of halogens is 1. The normalized spacial score (nSPS) is 15.3. The van der Waals surface area contributed by atoms with E-state index in [4.69, 9.17) is 4.99 Å². The molecule has 1 aromatic carbocycles. The van der Waals surface area contributed by atoms with Crippen LogP contribution in [0.2, 0.25) is 0 Å². The van der Waals surface area contributed by atoms with Gasteiger partial charge in [0.15, 0.2) is 5.96 Å². The lowest BCUT2D eigenvalue weighted by atomic mass is 10.1. The standard InChI is InChI=1S/C15H23N3.HI/c1-3-16-15(18-10-4-5-11-18)17-12-14-8-6-13(2)7-9-14;/h6-9H,3-5,10-12H2,1-2H3,(H,16,17);1H. The summed E-state index contributed by atoms with van der Waals surface area (Å²) in [5.41, 5.74) is 2.57. The number of rotatable bonds is 3. The molecule has 0 radical (unpaired) electrons. The highest BCUT2D eigenvalue weighted by atomic mass is 127. The summed E-state index contributed by atoms with van der Waals surface area (Å²) in [7, 11) is 0. The van der Waals surface area contributed by atoms with Gasteiger partial charge in [0.25, 0.3) is 0 Å². The fourth-order valence-electron chi connectivity index (χ4n) is 2.21. The van der Waals surface area contributed by atoms with E-state index in [9.17, 15) is 0 Å². The van der Waals surface area contributed by atoms with Crippen LogP contribution in [0, 0.1) is 6.92 Å². The molecule has 4 heteroatoms. The zero-order valence-electron chi connectivity index (χ0n) is 11.9. The molecule has 1 aliphatic rings. The minimum absolute atomic E-state index is 0. The predicted octanol–water partition coefficient (Wildman–Crippen LogP) is 3.17. The molecule has 19 heavy (non-hydrogen) atoms. The lowest BCUT2D eigenvalue weighted by molar-refractivity contribution is 0.493. The summed E-state index contributed by atoms with van der Waals surface area (Å²) in [6, 6.07) is 8.61. The molecule has 0 aromatic heterocycles. The quantitative estimate of drug-likeness (QED) is 0.501. The molecule has 0 atom stereocenters. The van der Waals surface area contributed by atoms with E-state index < -0.39 is 0 Å². The Morgan fingerprint density at radius 3 is 2.42 bits per heavy atom. The molecule has 106 valence electrons. The minimum atomic E-state index is 0. The van der Waals surface area contributed by atoms with Crippen LogP contribution in [0.15, 0.2) is 29.3 Å². The first-order valence-electron chi connectivity index (χ1n) is 6.88. The summed E-state index contributed by atoms with van der Waals surface area (Å²) in [5.74, 6) is 1.07. The molecule has 0 amide bonds. The Morgan fingerprint density at radius 2 is 1.84 bits per heavy atom. The van der Waals surface area contributed by atoms with E-state index >= 15 is 0 Å². The summed E-state index contributed by atoms with van der Waals surface area (Å²) < 4.78 is 0. The molecule has 1 aromatic rings. The van der Waals surface area contributed by atoms with Crippen LogP contribution in [0.25, 0.3) is 0 Å². The summed E-state index contributed by atoms with van der Waals surface area (Å²) >= 11 is 0. The maximum atomic E-state index is 4.73. The highest BCUT2D eigenvalue weighted by Crippen LogP contribution is 2.09. The van der Waals surface area contributed by atoms with Gasteiger partial charge in [-0.2, -0.15) is 0 Å². The van der Waals surface area contributed by atoms with E-state index in [1.54, 1.807) is 0 Å². The molecular formula is C15H24IN3. The predicted molar refractivity (Wildman–Crippen MR) is 92.2 cm³/mol. The maximum Gasteiger partial charge on any atom is 0.194 e. The number of guanidine groups is 1. The zero-order chi connectivity index (χ0) is 12.8. The molecule has 0 bridgehead atoms. The van der Waals surface area contributed by atoms with Gasteiger partial charge in [0.1, 0.15) is 0 Å². The lowest BCUT2D eigenvalue weighted by Gasteiger charge is -2.20. The number of nitrogens with one attached hydrogen (secondary N) is 1. The Bertz CT molecular complexity index is 394. The van der Waals surface area contributed by atoms with E-state index in [1.165, 1.54) is 24.0 Å². The van der Waals surface area contributed by atoms with Crippen molar-refractivity contribution in [1.82, 2.24) is 10.2 Å². The molecule has 1 heterocycles. The Hall–Kier alpha value is -0.780. The van der Waals surface area contributed by atoms with Crippen LogP contribution in [0.1, 0.15) is 30.9 Å². The van der Waals surface area contributed by atoms with Crippen LogP contribution in [0.3, 0.4) is 0 Å². The molecule has 0 spiro atoms.